The van der Waals surface area contributed by atoms with Crippen LogP contribution in [0.5, 0.6) is 0 Å². The van der Waals surface area contributed by atoms with Gasteiger partial charge in [-0.15, -0.1) is 8.96 Å². The van der Waals surface area contributed by atoms with E-state index in [-0.39, 0.29) is 21.4 Å². The Morgan fingerprint density at radius 3 is 1.50 bits per heavy atom. The summed E-state index contributed by atoms with van der Waals surface area (Å²) in [5.41, 5.74) is 2.36. The molecule has 5 unspecified atom stereocenters. The van der Waals surface area contributed by atoms with Gasteiger partial charge in [0.2, 0.25) is 0 Å². The van der Waals surface area contributed by atoms with E-state index < -0.39 is 81.5 Å². The number of halogens is 2. The second-order valence-corrected chi connectivity index (χ2v) is 9.52. The van der Waals surface area contributed by atoms with Crippen molar-refractivity contribution in [1.29, 1.82) is 0 Å². The van der Waals surface area contributed by atoms with Crippen molar-refractivity contribution in [2.24, 2.45) is 11.8 Å². The number of phosphoric acid groups is 3. The maximum atomic E-state index is 12.2. The summed E-state index contributed by atoms with van der Waals surface area (Å²) in [6, 6.07) is 0. The van der Waals surface area contributed by atoms with Crippen LogP contribution in [-0.4, -0.2) is 62.7 Å². The summed E-state index contributed by atoms with van der Waals surface area (Å²) in [6.45, 7) is -5.41. The summed E-state index contributed by atoms with van der Waals surface area (Å²) < 4.78 is 78.9. The van der Waals surface area contributed by atoms with Crippen molar-refractivity contribution in [1.82, 2.24) is 11.1 Å². The maximum Gasteiger partial charge on any atom is 0.267 e. The molecule has 0 spiro atoms. The lowest BCUT2D eigenvalue weighted by atomic mass is 10.2. The van der Waals surface area contributed by atoms with Gasteiger partial charge in [-0.05, 0) is 0 Å². The molecule has 0 radical (unpaired) electrons. The summed E-state index contributed by atoms with van der Waals surface area (Å²) in [5, 5.41) is 8.86. The molecule has 0 heterocycles. The molecule has 0 aromatic carbocycles. The zero-order valence-corrected chi connectivity index (χ0v) is 18.0. The zero-order chi connectivity index (χ0) is 23.3. The zero-order valence-electron chi connectivity index (χ0n) is 15.3. The van der Waals surface area contributed by atoms with E-state index in [4.69, 9.17) is 10.00 Å². The molecule has 20 heteroatoms. The molecule has 0 fully saturated rings. The van der Waals surface area contributed by atoms with Crippen LogP contribution < -0.4 is 25.8 Å². The Morgan fingerprint density at radius 1 is 0.750 bits per heavy atom. The number of rotatable bonds is 19. The Kier molecular flexibility index (Phi) is 21.1. The van der Waals surface area contributed by atoms with Crippen molar-refractivity contribution >= 4 is 23.5 Å². The van der Waals surface area contributed by atoms with E-state index >= 15 is 0 Å². The summed E-state index contributed by atoms with van der Waals surface area (Å²) in [7, 11) is -15.0. The number of aliphatic hydroxyl groups excluding tert-OH is 1. The van der Waals surface area contributed by atoms with Crippen molar-refractivity contribution < 1.29 is 70.0 Å². The van der Waals surface area contributed by atoms with Gasteiger partial charge in [0.05, 0.1) is 33.0 Å². The predicted molar refractivity (Wildman–Crippen MR) is 101 cm³/mol. The predicted octanol–water partition coefficient (Wildman–Crippen LogP) is -1.09. The van der Waals surface area contributed by atoms with Gasteiger partial charge < -0.3 is 47.3 Å². The van der Waals surface area contributed by atoms with Gasteiger partial charge in [0.25, 0.3) is 23.5 Å². The van der Waals surface area contributed by atoms with Gasteiger partial charge in [-0.25, -0.2) is 0 Å². The minimum Gasteiger partial charge on any atom is -0.756 e. The molecule has 0 aliphatic carbocycles. The van der Waals surface area contributed by atoms with E-state index in [1.807, 2.05) is 0 Å². The molecule has 0 rings (SSSR count). The molecular formula is C12H30F2N2O13P3-3. The first-order valence-corrected chi connectivity index (χ1v) is 12.4. The van der Waals surface area contributed by atoms with Gasteiger partial charge in [0.1, 0.15) is 0 Å². The average molecular weight is 541 g/mol. The highest BCUT2D eigenvalue weighted by atomic mass is 31.2. The monoisotopic (exact) mass is 541 g/mol. The Bertz CT molecular complexity index is 615. The van der Waals surface area contributed by atoms with Crippen LogP contribution >= 0.6 is 23.5 Å². The third kappa shape index (κ3) is 20.7. The maximum absolute atomic E-state index is 12.2. The molecule has 0 amide bonds. The quantitative estimate of drug-likeness (QED) is 0.0865. The van der Waals surface area contributed by atoms with Gasteiger partial charge in [0.15, 0.2) is 0 Å². The summed E-state index contributed by atoms with van der Waals surface area (Å²) in [6.07, 6.45) is 0. The number of aliphatic hydroxyl groups is 1. The van der Waals surface area contributed by atoms with Crippen LogP contribution in [0.3, 0.4) is 0 Å². The number of hydrogen-bond acceptors (Lipinski definition) is 14. The Labute approximate surface area is 184 Å². The lowest BCUT2D eigenvalue weighted by Crippen LogP contribution is -2.27. The fraction of sp³-hybridized carbons (Fsp3) is 1.00. The van der Waals surface area contributed by atoms with Crippen molar-refractivity contribution in [3.8, 4) is 0 Å². The third-order valence-electron chi connectivity index (χ3n) is 2.98. The smallest absolute Gasteiger partial charge is 0.267 e. The molecule has 0 saturated heterocycles. The molecule has 0 aromatic rings. The van der Waals surface area contributed by atoms with Crippen molar-refractivity contribution in [2.75, 3.05) is 52.7 Å². The van der Waals surface area contributed by atoms with Crippen molar-refractivity contribution in [3.05, 3.63) is 0 Å². The lowest BCUT2D eigenvalue weighted by molar-refractivity contribution is -0.234. The Hall–Kier alpha value is 0.0700. The standard InChI is InChI=1S/C10H25F2N2O13P3.2CH4/c11-13-3-9(5-15)6-26-29(19,20)23-1-2-24-30(21,22)27-8-10(4-14-12)7-25-28(16,17)18;;/h9-10,13-15H,1-8H2,(H,19,20)(H,21,22)(H2,16,17,18);2*1H4/p-3. The molecule has 0 bridgehead atoms. The highest BCUT2D eigenvalue weighted by Gasteiger charge is 2.19. The van der Waals surface area contributed by atoms with E-state index in [1.165, 1.54) is 5.54 Å². The molecule has 32 heavy (non-hydrogen) atoms. The largest absolute Gasteiger partial charge is 0.756 e. The molecule has 0 saturated carbocycles. The first kappa shape index (κ1) is 36.6. The molecule has 198 valence electrons. The second-order valence-electron chi connectivity index (χ2n) is 5.51. The Balaban J connectivity index is -0.00000420. The molecule has 0 aliphatic heterocycles. The molecule has 4 N–H and O–H groups in total. The Morgan fingerprint density at radius 2 is 1.12 bits per heavy atom. The average Bonchev–Trinajstić information content (AvgIpc) is 2.64. The third-order valence-corrected chi connectivity index (χ3v) is 5.39. The SMILES string of the molecule is C.C.O=P([O-])(O)OCC(CNF)COP(=O)([O-])OCCOP(=O)([O-])OCC(CO)CNF. The molecule has 0 aromatic heterocycles. The van der Waals surface area contributed by atoms with Crippen LogP contribution in [0.25, 0.3) is 0 Å². The van der Waals surface area contributed by atoms with Gasteiger partial charge >= 0.3 is 0 Å². The topological polar surface area (TPSA) is 231 Å². The van der Waals surface area contributed by atoms with E-state index in [2.05, 4.69) is 22.6 Å². The van der Waals surface area contributed by atoms with E-state index in [9.17, 15) is 37.3 Å². The highest BCUT2D eigenvalue weighted by Crippen LogP contribution is 2.41. The first-order valence-electron chi connectivity index (χ1n) is 8.00. The van der Waals surface area contributed by atoms with Crippen LogP contribution in [0.1, 0.15) is 14.9 Å². The molecule has 5 atom stereocenters. The van der Waals surface area contributed by atoms with Crippen LogP contribution in [0.15, 0.2) is 0 Å². The summed E-state index contributed by atoms with van der Waals surface area (Å²) in [5.74, 6) is -2.05. The van der Waals surface area contributed by atoms with Gasteiger partial charge in [-0.2, -0.15) is 11.1 Å². The first-order chi connectivity index (χ1) is 13.8. The highest BCUT2D eigenvalue weighted by molar-refractivity contribution is 7.46. The van der Waals surface area contributed by atoms with Crippen LogP contribution in [-0.2, 0) is 36.3 Å². The van der Waals surface area contributed by atoms with Crippen molar-refractivity contribution in [2.45, 2.75) is 14.9 Å². The second kappa shape index (κ2) is 18.4. The number of phosphoric ester groups is 3. The summed E-state index contributed by atoms with van der Waals surface area (Å²) >= 11 is 0. The van der Waals surface area contributed by atoms with Gasteiger partial charge in [0, 0.05) is 31.5 Å². The van der Waals surface area contributed by atoms with E-state index in [0.717, 1.165) is 5.54 Å². The van der Waals surface area contributed by atoms with Crippen molar-refractivity contribution in [3.63, 3.8) is 0 Å². The number of hydrogen-bond donors (Lipinski definition) is 4. The fourth-order valence-corrected chi connectivity index (χ4v) is 3.46. The van der Waals surface area contributed by atoms with Crippen LogP contribution in [0.2, 0.25) is 0 Å². The van der Waals surface area contributed by atoms with E-state index in [0.29, 0.717) is 0 Å². The van der Waals surface area contributed by atoms with Crippen LogP contribution in [0, 0.1) is 11.8 Å². The normalized spacial score (nSPS) is 18.8. The molecular weight excluding hydrogens is 511 g/mol. The van der Waals surface area contributed by atoms with Gasteiger partial charge in [-0.3, -0.25) is 13.7 Å². The van der Waals surface area contributed by atoms with Crippen LogP contribution in [0.4, 0.5) is 8.96 Å². The molecule has 0 aliphatic rings. The fourth-order valence-electron chi connectivity index (χ4n) is 1.53. The van der Waals surface area contributed by atoms with Gasteiger partial charge in [-0.1, -0.05) is 14.9 Å². The minimum absolute atomic E-state index is 0. The minimum atomic E-state index is -5.12. The van der Waals surface area contributed by atoms with E-state index in [1.54, 1.807) is 0 Å². The molecule has 15 nitrogen and oxygen atoms in total. The lowest BCUT2D eigenvalue weighted by Gasteiger charge is -2.27. The number of nitrogens with one attached hydrogen (secondary N) is 2. The summed E-state index contributed by atoms with van der Waals surface area (Å²) in [4.78, 5) is 41.9.